The number of amides is 2. The Hall–Kier alpha value is -1.81. The maximum Gasteiger partial charge on any atom is 0.319 e. The van der Waals surface area contributed by atoms with Gasteiger partial charge in [0.1, 0.15) is 0 Å². The van der Waals surface area contributed by atoms with Crippen molar-refractivity contribution in [3.05, 3.63) is 41.5 Å². The van der Waals surface area contributed by atoms with E-state index in [1.165, 1.54) is 11.1 Å². The van der Waals surface area contributed by atoms with Crippen molar-refractivity contribution in [3.8, 4) is 0 Å². The predicted molar refractivity (Wildman–Crippen MR) is 80.8 cm³/mol. The molecular formula is C16H22N2O2. The maximum atomic E-state index is 11.9. The van der Waals surface area contributed by atoms with Crippen molar-refractivity contribution in [1.82, 2.24) is 5.32 Å². The van der Waals surface area contributed by atoms with Crippen LogP contribution in [0, 0.1) is 12.8 Å². The average molecular weight is 274 g/mol. The number of aliphatic hydroxyl groups is 1. The number of carbonyl (C=O) groups is 1. The van der Waals surface area contributed by atoms with Crippen LogP contribution in [0.4, 0.5) is 10.5 Å². The summed E-state index contributed by atoms with van der Waals surface area (Å²) in [4.78, 5) is 11.9. The number of urea groups is 1. The molecule has 0 saturated carbocycles. The fourth-order valence-electron chi connectivity index (χ4n) is 2.48. The molecule has 0 fully saturated rings. The summed E-state index contributed by atoms with van der Waals surface area (Å²) in [6.07, 6.45) is 5.60. The van der Waals surface area contributed by atoms with Gasteiger partial charge < -0.3 is 15.7 Å². The molecule has 0 aromatic heterocycles. The number of hydrogen-bond acceptors (Lipinski definition) is 2. The zero-order chi connectivity index (χ0) is 14.5. The molecule has 1 aromatic rings. The number of rotatable bonds is 4. The van der Waals surface area contributed by atoms with Crippen LogP contribution in [-0.2, 0) is 6.42 Å². The van der Waals surface area contributed by atoms with E-state index in [9.17, 15) is 4.79 Å². The van der Waals surface area contributed by atoms with Crippen molar-refractivity contribution < 1.29 is 9.90 Å². The van der Waals surface area contributed by atoms with Crippen LogP contribution in [0.25, 0.3) is 0 Å². The third-order valence-electron chi connectivity index (χ3n) is 3.71. The highest BCUT2D eigenvalue weighted by atomic mass is 16.3. The quantitative estimate of drug-likeness (QED) is 0.739. The summed E-state index contributed by atoms with van der Waals surface area (Å²) in [5.74, 6) is 0.159. The van der Waals surface area contributed by atoms with Crippen molar-refractivity contribution in [2.24, 2.45) is 5.92 Å². The van der Waals surface area contributed by atoms with E-state index in [1.807, 2.05) is 30.4 Å². The first-order valence-electron chi connectivity index (χ1n) is 7.08. The van der Waals surface area contributed by atoms with Gasteiger partial charge in [0.25, 0.3) is 0 Å². The van der Waals surface area contributed by atoms with Crippen LogP contribution in [0.1, 0.15) is 24.5 Å². The average Bonchev–Trinajstić information content (AvgIpc) is 2.88. The van der Waals surface area contributed by atoms with Gasteiger partial charge >= 0.3 is 6.03 Å². The van der Waals surface area contributed by atoms with Gasteiger partial charge in [-0.1, -0.05) is 25.1 Å². The number of nitrogens with one attached hydrogen (secondary N) is 2. The Morgan fingerprint density at radius 2 is 2.20 bits per heavy atom. The summed E-state index contributed by atoms with van der Waals surface area (Å²) in [7, 11) is 0. The molecule has 1 aromatic carbocycles. The van der Waals surface area contributed by atoms with Crippen LogP contribution in [-0.4, -0.2) is 23.8 Å². The fourth-order valence-corrected chi connectivity index (χ4v) is 2.48. The van der Waals surface area contributed by atoms with Crippen LogP contribution in [0.15, 0.2) is 30.4 Å². The van der Waals surface area contributed by atoms with Crippen molar-refractivity contribution in [2.45, 2.75) is 32.7 Å². The van der Waals surface area contributed by atoms with Crippen molar-refractivity contribution in [3.63, 3.8) is 0 Å². The van der Waals surface area contributed by atoms with Gasteiger partial charge in [-0.05, 0) is 43.0 Å². The minimum absolute atomic E-state index is 0.00300. The molecule has 0 radical (unpaired) electrons. The Kier molecular flexibility index (Phi) is 4.79. The molecule has 2 rings (SSSR count). The second-order valence-electron chi connectivity index (χ2n) is 5.26. The van der Waals surface area contributed by atoms with Crippen molar-refractivity contribution in [2.75, 3.05) is 11.9 Å². The molecule has 4 nitrogen and oxygen atoms in total. The molecule has 2 amide bonds. The summed E-state index contributed by atoms with van der Waals surface area (Å²) in [5, 5.41) is 14.8. The van der Waals surface area contributed by atoms with E-state index in [0.717, 1.165) is 18.5 Å². The van der Waals surface area contributed by atoms with Crippen LogP contribution < -0.4 is 10.6 Å². The lowest BCUT2D eigenvalue weighted by Gasteiger charge is -2.14. The molecule has 0 heterocycles. The maximum absolute atomic E-state index is 11.9. The molecule has 1 aliphatic rings. The van der Waals surface area contributed by atoms with Crippen LogP contribution in [0.5, 0.6) is 0 Å². The lowest BCUT2D eigenvalue weighted by Crippen LogP contribution is -2.36. The molecule has 108 valence electrons. The number of aryl methyl sites for hydroxylation is 2. The molecule has 2 atom stereocenters. The third-order valence-corrected chi connectivity index (χ3v) is 3.71. The normalized spacial score (nSPS) is 20.9. The molecule has 0 bridgehead atoms. The van der Waals surface area contributed by atoms with Gasteiger partial charge in [0.2, 0.25) is 0 Å². The highest BCUT2D eigenvalue weighted by Gasteiger charge is 2.19. The van der Waals surface area contributed by atoms with E-state index in [1.54, 1.807) is 0 Å². The standard InChI is InChI=1S/C16H22N2O2/c1-3-13-9-15(6-4-11(13)2)18-16(20)17-14-7-5-12(8-14)10-19/h4-7,9,12,14,19H,3,8,10H2,1-2H3,(H2,17,18,20)/t12-,14+/m0/s1. The lowest BCUT2D eigenvalue weighted by molar-refractivity contribution is 0.238. The highest BCUT2D eigenvalue weighted by molar-refractivity contribution is 5.89. The first-order chi connectivity index (χ1) is 9.62. The minimum atomic E-state index is -0.204. The SMILES string of the molecule is CCc1cc(NC(=O)N[C@@H]2C=C[C@H](CO)C2)ccc1C. The van der Waals surface area contributed by atoms with Gasteiger partial charge in [-0.3, -0.25) is 0 Å². The van der Waals surface area contributed by atoms with Crippen molar-refractivity contribution >= 4 is 11.7 Å². The number of hydrogen-bond donors (Lipinski definition) is 3. The Labute approximate surface area is 119 Å². The number of aliphatic hydroxyl groups excluding tert-OH is 1. The molecule has 0 unspecified atom stereocenters. The van der Waals surface area contributed by atoms with E-state index >= 15 is 0 Å². The van der Waals surface area contributed by atoms with Gasteiger partial charge in [0, 0.05) is 24.3 Å². The van der Waals surface area contributed by atoms with E-state index in [2.05, 4.69) is 24.5 Å². The molecule has 1 aliphatic carbocycles. The smallest absolute Gasteiger partial charge is 0.319 e. The van der Waals surface area contributed by atoms with Crippen LogP contribution in [0.2, 0.25) is 0 Å². The molecule has 3 N–H and O–H groups in total. The monoisotopic (exact) mass is 274 g/mol. The summed E-state index contributed by atoms with van der Waals surface area (Å²) in [6.45, 7) is 4.31. The second-order valence-corrected chi connectivity index (χ2v) is 5.26. The van der Waals surface area contributed by atoms with Crippen LogP contribution >= 0.6 is 0 Å². The highest BCUT2D eigenvalue weighted by Crippen LogP contribution is 2.18. The zero-order valence-electron chi connectivity index (χ0n) is 12.0. The molecule has 0 saturated heterocycles. The topological polar surface area (TPSA) is 61.4 Å². The largest absolute Gasteiger partial charge is 0.396 e. The summed E-state index contributed by atoms with van der Waals surface area (Å²) < 4.78 is 0. The third kappa shape index (κ3) is 3.61. The van der Waals surface area contributed by atoms with Crippen molar-refractivity contribution in [1.29, 1.82) is 0 Å². The Morgan fingerprint density at radius 3 is 2.85 bits per heavy atom. The number of anilines is 1. The molecule has 4 heteroatoms. The van der Waals surface area contributed by atoms with Gasteiger partial charge in [-0.2, -0.15) is 0 Å². The van der Waals surface area contributed by atoms with E-state index in [4.69, 9.17) is 5.11 Å². The van der Waals surface area contributed by atoms with Gasteiger partial charge in [0.05, 0.1) is 0 Å². The fraction of sp³-hybridized carbons (Fsp3) is 0.438. The number of carbonyl (C=O) groups excluding carboxylic acids is 1. The first-order valence-corrected chi connectivity index (χ1v) is 7.08. The summed E-state index contributed by atoms with van der Waals surface area (Å²) in [6, 6.07) is 5.74. The molecule has 0 spiro atoms. The predicted octanol–water partition coefficient (Wildman–Crippen LogP) is 2.62. The second kappa shape index (κ2) is 6.57. The van der Waals surface area contributed by atoms with Gasteiger partial charge in [-0.25, -0.2) is 4.79 Å². The Bertz CT molecular complexity index is 511. The number of benzene rings is 1. The van der Waals surface area contributed by atoms with Gasteiger partial charge in [0.15, 0.2) is 0 Å². The van der Waals surface area contributed by atoms with E-state index in [-0.39, 0.29) is 24.6 Å². The Balaban J connectivity index is 1.90. The minimum Gasteiger partial charge on any atom is -0.396 e. The van der Waals surface area contributed by atoms with E-state index < -0.39 is 0 Å². The molecule has 20 heavy (non-hydrogen) atoms. The molecular weight excluding hydrogens is 252 g/mol. The Morgan fingerprint density at radius 1 is 1.40 bits per heavy atom. The first kappa shape index (κ1) is 14.6. The van der Waals surface area contributed by atoms with E-state index in [0.29, 0.717) is 0 Å². The summed E-state index contributed by atoms with van der Waals surface area (Å²) >= 11 is 0. The van der Waals surface area contributed by atoms with Crippen LogP contribution in [0.3, 0.4) is 0 Å². The molecule has 0 aliphatic heterocycles. The zero-order valence-corrected chi connectivity index (χ0v) is 12.0. The summed E-state index contributed by atoms with van der Waals surface area (Å²) in [5.41, 5.74) is 3.29. The lowest BCUT2D eigenvalue weighted by atomic mass is 10.1. The van der Waals surface area contributed by atoms with Gasteiger partial charge in [-0.15, -0.1) is 0 Å².